The normalized spacial score (nSPS) is 19.4. The summed E-state index contributed by atoms with van der Waals surface area (Å²) >= 11 is 0. The first-order chi connectivity index (χ1) is 9.15. The molecule has 19 heavy (non-hydrogen) atoms. The van der Waals surface area contributed by atoms with Gasteiger partial charge in [-0.3, -0.25) is 0 Å². The van der Waals surface area contributed by atoms with Crippen molar-refractivity contribution in [1.29, 1.82) is 0 Å². The molecular formula is C18H24Si. The van der Waals surface area contributed by atoms with Crippen molar-refractivity contribution in [2.75, 3.05) is 0 Å². The third-order valence-corrected chi connectivity index (χ3v) is 7.91. The molecule has 0 aliphatic heterocycles. The summed E-state index contributed by atoms with van der Waals surface area (Å²) in [6, 6.07) is 12.5. The number of rotatable bonds is 3. The van der Waals surface area contributed by atoms with Crippen LogP contribution >= 0.6 is 0 Å². The highest BCUT2D eigenvalue weighted by Crippen LogP contribution is 2.38. The quantitative estimate of drug-likeness (QED) is 0.691. The maximum Gasteiger partial charge on any atom is 0.0846 e. The molecule has 0 atom stereocenters. The van der Waals surface area contributed by atoms with Crippen LogP contribution in [0, 0.1) is 0 Å². The lowest BCUT2D eigenvalue weighted by molar-refractivity contribution is 0.679. The second-order valence-electron chi connectivity index (χ2n) is 6.74. The molecule has 0 bridgehead atoms. The first-order valence-corrected chi connectivity index (χ1v) is 10.8. The molecular weight excluding hydrogens is 244 g/mol. The number of hydrogen-bond donors (Lipinski definition) is 0. The lowest BCUT2D eigenvalue weighted by Crippen LogP contribution is -2.41. The van der Waals surface area contributed by atoms with Gasteiger partial charge in [0.1, 0.15) is 0 Å². The molecule has 0 spiro atoms. The summed E-state index contributed by atoms with van der Waals surface area (Å²) in [7, 11) is -1.30. The molecule has 0 unspecified atom stereocenters. The maximum absolute atomic E-state index is 2.55. The molecule has 0 N–H and O–H groups in total. The van der Waals surface area contributed by atoms with Gasteiger partial charge in [-0.1, -0.05) is 65.8 Å². The van der Waals surface area contributed by atoms with E-state index in [9.17, 15) is 0 Å². The van der Waals surface area contributed by atoms with Crippen LogP contribution in [0.25, 0.3) is 0 Å². The largest absolute Gasteiger partial charge is 0.0846 e. The molecule has 0 saturated heterocycles. The Bertz CT molecular complexity index is 520. The Labute approximate surface area is 118 Å². The fourth-order valence-electron chi connectivity index (χ4n) is 3.61. The smallest absolute Gasteiger partial charge is 0.0682 e. The molecule has 1 heteroatoms. The second kappa shape index (κ2) is 5.13. The third kappa shape index (κ3) is 2.76. The molecule has 0 radical (unpaired) electrons. The molecule has 0 heterocycles. The number of hydrogen-bond acceptors (Lipinski definition) is 0. The van der Waals surface area contributed by atoms with Gasteiger partial charge in [0.2, 0.25) is 0 Å². The van der Waals surface area contributed by atoms with Gasteiger partial charge in [-0.25, -0.2) is 0 Å². The van der Waals surface area contributed by atoms with Crippen molar-refractivity contribution in [3.05, 3.63) is 53.1 Å². The molecule has 0 amide bonds. The highest BCUT2D eigenvalue weighted by atomic mass is 28.3. The van der Waals surface area contributed by atoms with E-state index in [1.807, 2.05) is 0 Å². The van der Waals surface area contributed by atoms with E-state index in [1.54, 1.807) is 21.9 Å². The summed E-state index contributed by atoms with van der Waals surface area (Å²) in [6.45, 7) is 5.03. The van der Waals surface area contributed by atoms with E-state index in [1.165, 1.54) is 38.1 Å². The van der Waals surface area contributed by atoms with E-state index in [4.69, 9.17) is 0 Å². The Morgan fingerprint density at radius 2 is 1.74 bits per heavy atom. The minimum atomic E-state index is -1.30. The first-order valence-electron chi connectivity index (χ1n) is 7.61. The summed E-state index contributed by atoms with van der Waals surface area (Å²) in [5, 5.41) is 1.60. The van der Waals surface area contributed by atoms with Crippen LogP contribution in [0.3, 0.4) is 0 Å². The van der Waals surface area contributed by atoms with E-state index >= 15 is 0 Å². The van der Waals surface area contributed by atoms with Crippen molar-refractivity contribution in [2.24, 2.45) is 0 Å². The molecule has 1 aromatic rings. The predicted octanol–water partition coefficient (Wildman–Crippen LogP) is 4.80. The van der Waals surface area contributed by atoms with Crippen LogP contribution in [0.2, 0.25) is 19.1 Å². The van der Waals surface area contributed by atoms with Crippen molar-refractivity contribution in [2.45, 2.75) is 51.2 Å². The first kappa shape index (κ1) is 12.9. The van der Waals surface area contributed by atoms with Gasteiger partial charge < -0.3 is 0 Å². The van der Waals surface area contributed by atoms with Crippen molar-refractivity contribution >= 4 is 13.3 Å². The van der Waals surface area contributed by atoms with E-state index in [2.05, 4.69) is 49.5 Å². The molecule has 3 rings (SSSR count). The van der Waals surface area contributed by atoms with Gasteiger partial charge >= 0.3 is 0 Å². The SMILES string of the molecule is C[Si](C)(CC1=CC2=C(CCCC2)C1)c1ccccc1. The Kier molecular flexibility index (Phi) is 3.49. The van der Waals surface area contributed by atoms with Gasteiger partial charge in [-0.05, 0) is 43.7 Å². The van der Waals surface area contributed by atoms with Gasteiger partial charge in [0.15, 0.2) is 0 Å². The Balaban J connectivity index is 1.73. The molecule has 1 aromatic carbocycles. The molecule has 2 aliphatic rings. The van der Waals surface area contributed by atoms with Gasteiger partial charge in [0.05, 0.1) is 8.07 Å². The maximum atomic E-state index is 2.55. The van der Waals surface area contributed by atoms with Crippen LogP contribution in [0.1, 0.15) is 32.1 Å². The summed E-state index contributed by atoms with van der Waals surface area (Å²) in [4.78, 5) is 0. The summed E-state index contributed by atoms with van der Waals surface area (Å²) in [5.41, 5.74) is 5.17. The molecule has 0 aromatic heterocycles. The number of benzene rings is 1. The fraction of sp³-hybridized carbons (Fsp3) is 0.444. The van der Waals surface area contributed by atoms with Crippen molar-refractivity contribution in [3.63, 3.8) is 0 Å². The Morgan fingerprint density at radius 1 is 1.00 bits per heavy atom. The fourth-order valence-corrected chi connectivity index (χ4v) is 6.27. The average molecular weight is 268 g/mol. The zero-order chi connectivity index (χ0) is 13.3. The van der Waals surface area contributed by atoms with Crippen LogP contribution in [-0.4, -0.2) is 8.07 Å². The predicted molar refractivity (Wildman–Crippen MR) is 86.6 cm³/mol. The monoisotopic (exact) mass is 268 g/mol. The Morgan fingerprint density at radius 3 is 2.47 bits per heavy atom. The molecule has 100 valence electrons. The number of allylic oxidation sites excluding steroid dienone is 4. The van der Waals surface area contributed by atoms with Crippen LogP contribution in [0.4, 0.5) is 0 Å². The van der Waals surface area contributed by atoms with E-state index in [0.29, 0.717) is 0 Å². The second-order valence-corrected chi connectivity index (χ2v) is 11.4. The summed E-state index contributed by atoms with van der Waals surface area (Å²) in [5.74, 6) is 0. The Hall–Kier alpha value is -1.08. The molecule has 0 saturated carbocycles. The molecule has 0 nitrogen and oxygen atoms in total. The third-order valence-electron chi connectivity index (χ3n) is 4.67. The summed E-state index contributed by atoms with van der Waals surface area (Å²) < 4.78 is 0. The minimum absolute atomic E-state index is 1.29. The molecule has 0 fully saturated rings. The highest BCUT2D eigenvalue weighted by Gasteiger charge is 2.27. The van der Waals surface area contributed by atoms with Gasteiger partial charge in [-0.2, -0.15) is 0 Å². The van der Waals surface area contributed by atoms with Gasteiger partial charge in [0, 0.05) is 0 Å². The average Bonchev–Trinajstić information content (AvgIpc) is 2.81. The lowest BCUT2D eigenvalue weighted by atomic mass is 9.94. The van der Waals surface area contributed by atoms with Crippen LogP contribution in [0.15, 0.2) is 53.1 Å². The topological polar surface area (TPSA) is 0 Å². The van der Waals surface area contributed by atoms with Crippen LogP contribution < -0.4 is 5.19 Å². The highest BCUT2D eigenvalue weighted by molar-refractivity contribution is 6.90. The van der Waals surface area contributed by atoms with Crippen LogP contribution in [0.5, 0.6) is 0 Å². The van der Waals surface area contributed by atoms with Gasteiger partial charge in [0.25, 0.3) is 0 Å². The van der Waals surface area contributed by atoms with E-state index < -0.39 is 8.07 Å². The van der Waals surface area contributed by atoms with Crippen LogP contribution in [-0.2, 0) is 0 Å². The van der Waals surface area contributed by atoms with Crippen molar-refractivity contribution < 1.29 is 0 Å². The standard InChI is InChI=1S/C18H24Si/c1-19(2,18-10-4-3-5-11-18)14-15-12-16-8-6-7-9-17(16)13-15/h3-5,10-12H,6-9,13-14H2,1-2H3. The van der Waals surface area contributed by atoms with E-state index in [-0.39, 0.29) is 0 Å². The van der Waals surface area contributed by atoms with Crippen molar-refractivity contribution in [3.8, 4) is 0 Å². The lowest BCUT2D eigenvalue weighted by Gasteiger charge is -2.24. The minimum Gasteiger partial charge on any atom is -0.0682 e. The molecule has 2 aliphatic carbocycles. The van der Waals surface area contributed by atoms with Gasteiger partial charge in [-0.15, -0.1) is 0 Å². The van der Waals surface area contributed by atoms with E-state index in [0.717, 1.165) is 0 Å². The zero-order valence-corrected chi connectivity index (χ0v) is 13.2. The zero-order valence-electron chi connectivity index (χ0n) is 12.2. The summed E-state index contributed by atoms with van der Waals surface area (Å²) in [6.07, 6.45) is 9.36. The van der Waals surface area contributed by atoms with Crippen molar-refractivity contribution in [1.82, 2.24) is 0 Å².